The van der Waals surface area contributed by atoms with E-state index in [9.17, 15) is 9.59 Å². The van der Waals surface area contributed by atoms with Gasteiger partial charge in [0.05, 0.1) is 25.4 Å². The highest BCUT2D eigenvalue weighted by atomic mass is 35.5. The zero-order valence-electron chi connectivity index (χ0n) is 17.2. The van der Waals surface area contributed by atoms with Crippen LogP contribution in [0.25, 0.3) is 0 Å². The Morgan fingerprint density at radius 3 is 2.16 bits per heavy atom. The molecule has 11 heteroatoms. The third kappa shape index (κ3) is 6.67. The number of carboxylic acids is 1. The topological polar surface area (TPSA) is 102 Å². The highest BCUT2D eigenvalue weighted by Crippen LogP contribution is 2.25. The maximum atomic E-state index is 11.8. The van der Waals surface area contributed by atoms with E-state index in [1.807, 2.05) is 13.0 Å². The summed E-state index contributed by atoms with van der Waals surface area (Å²) in [5.74, 6) is -0.744. The average Bonchev–Trinajstić information content (AvgIpc) is 2.67. The van der Waals surface area contributed by atoms with Crippen molar-refractivity contribution in [3.63, 3.8) is 0 Å². The number of pyridine rings is 2. The van der Waals surface area contributed by atoms with Crippen molar-refractivity contribution in [1.82, 2.24) is 9.97 Å². The number of rotatable bonds is 4. The van der Waals surface area contributed by atoms with Gasteiger partial charge in [-0.15, -0.1) is 0 Å². The second-order valence-corrected chi connectivity index (χ2v) is 7.62. The summed E-state index contributed by atoms with van der Waals surface area (Å²) in [7, 11) is 0. The Morgan fingerprint density at radius 2 is 1.65 bits per heavy atom. The first kappa shape index (κ1) is 25.1. The van der Waals surface area contributed by atoms with E-state index in [0.717, 1.165) is 24.5 Å². The number of aromatic carboxylic acids is 1. The molecular weight excluding hydrogens is 469 g/mol. The molecule has 1 saturated heterocycles. The molecule has 0 bridgehead atoms. The summed E-state index contributed by atoms with van der Waals surface area (Å²) in [6.45, 7) is 8.45. The fraction of sp³-hybridized carbons (Fsp3) is 0.400. The Bertz CT molecular complexity index is 919. The Hall–Kier alpha value is -2.13. The number of ether oxygens (including phenoxy) is 2. The van der Waals surface area contributed by atoms with Gasteiger partial charge in [0.25, 0.3) is 0 Å². The molecule has 1 fully saturated rings. The lowest BCUT2D eigenvalue weighted by molar-refractivity contribution is 0.0524. The van der Waals surface area contributed by atoms with Gasteiger partial charge in [0.1, 0.15) is 26.8 Å². The molecule has 0 aromatic carbocycles. The zero-order chi connectivity index (χ0) is 23.1. The van der Waals surface area contributed by atoms with E-state index < -0.39 is 11.9 Å². The molecule has 168 valence electrons. The zero-order valence-corrected chi connectivity index (χ0v) is 19.5. The van der Waals surface area contributed by atoms with E-state index in [4.69, 9.17) is 49.4 Å². The van der Waals surface area contributed by atoms with E-state index in [-0.39, 0.29) is 21.0 Å². The first-order valence-corrected chi connectivity index (χ1v) is 10.5. The van der Waals surface area contributed by atoms with Crippen molar-refractivity contribution in [1.29, 1.82) is 0 Å². The van der Waals surface area contributed by atoms with Crippen molar-refractivity contribution in [2.45, 2.75) is 20.8 Å². The molecule has 2 aromatic rings. The molecule has 3 heterocycles. The number of anilines is 1. The second kappa shape index (κ2) is 11.5. The van der Waals surface area contributed by atoms with E-state index in [1.165, 1.54) is 6.07 Å². The smallest absolute Gasteiger partial charge is 0.341 e. The molecular formula is C20H22Cl3N3O5. The van der Waals surface area contributed by atoms with Gasteiger partial charge in [0, 0.05) is 13.1 Å². The van der Waals surface area contributed by atoms with E-state index in [0.29, 0.717) is 30.9 Å². The Morgan fingerprint density at radius 1 is 1.06 bits per heavy atom. The van der Waals surface area contributed by atoms with Gasteiger partial charge in [0.2, 0.25) is 0 Å². The van der Waals surface area contributed by atoms with Crippen molar-refractivity contribution in [2.24, 2.45) is 0 Å². The highest BCUT2D eigenvalue weighted by molar-refractivity contribution is 6.34. The number of carbonyl (C=O) groups excluding carboxylic acids is 1. The second-order valence-electron chi connectivity index (χ2n) is 6.52. The largest absolute Gasteiger partial charge is 0.478 e. The van der Waals surface area contributed by atoms with Gasteiger partial charge < -0.3 is 19.5 Å². The van der Waals surface area contributed by atoms with Crippen LogP contribution < -0.4 is 4.90 Å². The average molecular weight is 491 g/mol. The molecule has 2 aromatic heterocycles. The number of morpholine rings is 1. The highest BCUT2D eigenvalue weighted by Gasteiger charge is 2.20. The lowest BCUT2D eigenvalue weighted by Crippen LogP contribution is -2.36. The summed E-state index contributed by atoms with van der Waals surface area (Å²) in [6, 6.07) is 3.32. The van der Waals surface area contributed by atoms with Crippen LogP contribution in [0.4, 0.5) is 5.82 Å². The summed E-state index contributed by atoms with van der Waals surface area (Å²) >= 11 is 17.2. The number of hydrogen-bond donors (Lipinski definition) is 1. The van der Waals surface area contributed by atoms with Gasteiger partial charge in [0.15, 0.2) is 0 Å². The Kier molecular flexibility index (Phi) is 9.31. The van der Waals surface area contributed by atoms with Gasteiger partial charge in [-0.3, -0.25) is 0 Å². The van der Waals surface area contributed by atoms with Gasteiger partial charge in [-0.1, -0.05) is 34.8 Å². The lowest BCUT2D eigenvalue weighted by Gasteiger charge is -2.28. The van der Waals surface area contributed by atoms with Crippen LogP contribution in [0.3, 0.4) is 0 Å². The number of halogens is 3. The molecule has 3 rings (SSSR count). The van der Waals surface area contributed by atoms with Crippen molar-refractivity contribution in [3.8, 4) is 0 Å². The SMILES string of the molecule is CCOC(=O)c1c(C)cc(N2CCOCC2)nc1Cl.Cc1cc(Cl)nc(Cl)c1C(=O)O. The monoisotopic (exact) mass is 489 g/mol. The maximum Gasteiger partial charge on any atom is 0.341 e. The minimum Gasteiger partial charge on any atom is -0.478 e. The predicted octanol–water partition coefficient (Wildman–Crippen LogP) is 4.45. The number of aryl methyl sites for hydroxylation is 2. The van der Waals surface area contributed by atoms with Gasteiger partial charge in [-0.05, 0) is 44.0 Å². The molecule has 0 aliphatic carbocycles. The van der Waals surface area contributed by atoms with Crippen LogP contribution in [-0.2, 0) is 9.47 Å². The number of esters is 1. The minimum atomic E-state index is -1.10. The van der Waals surface area contributed by atoms with Crippen LogP contribution in [0.5, 0.6) is 0 Å². The Labute approximate surface area is 195 Å². The van der Waals surface area contributed by atoms with Crippen LogP contribution in [0.15, 0.2) is 12.1 Å². The van der Waals surface area contributed by atoms with E-state index >= 15 is 0 Å². The molecule has 1 aliphatic rings. The minimum absolute atomic E-state index is 0.000988. The maximum absolute atomic E-state index is 11.8. The first-order valence-electron chi connectivity index (χ1n) is 9.38. The van der Waals surface area contributed by atoms with Crippen molar-refractivity contribution < 1.29 is 24.2 Å². The standard InChI is InChI=1S/C13H17ClN2O3.C7H5Cl2NO2/c1-3-19-13(17)11-9(2)8-10(15-12(11)14)16-4-6-18-7-5-16;1-3-2-4(8)10-6(9)5(3)7(11)12/h8H,3-7H2,1-2H3;2H,1H3,(H,11,12). The number of carbonyl (C=O) groups is 2. The van der Waals surface area contributed by atoms with E-state index in [2.05, 4.69) is 14.9 Å². The molecule has 0 saturated carbocycles. The summed E-state index contributed by atoms with van der Waals surface area (Å²) in [5, 5.41) is 8.98. The molecule has 31 heavy (non-hydrogen) atoms. The first-order chi connectivity index (χ1) is 14.6. The van der Waals surface area contributed by atoms with Gasteiger partial charge in [-0.25, -0.2) is 19.6 Å². The van der Waals surface area contributed by atoms with Gasteiger partial charge in [-0.2, -0.15) is 0 Å². The number of hydrogen-bond acceptors (Lipinski definition) is 7. The van der Waals surface area contributed by atoms with E-state index in [1.54, 1.807) is 13.8 Å². The third-order valence-electron chi connectivity index (χ3n) is 4.33. The van der Waals surface area contributed by atoms with Crippen LogP contribution in [-0.4, -0.2) is 59.9 Å². The molecule has 0 atom stereocenters. The molecule has 1 N–H and O–H groups in total. The summed E-state index contributed by atoms with van der Waals surface area (Å²) in [5.41, 5.74) is 1.63. The van der Waals surface area contributed by atoms with Crippen LogP contribution in [0.2, 0.25) is 15.5 Å². The van der Waals surface area contributed by atoms with Crippen molar-refractivity contribution in [3.05, 3.63) is 49.8 Å². The fourth-order valence-electron chi connectivity index (χ4n) is 2.87. The van der Waals surface area contributed by atoms with Crippen LogP contribution in [0, 0.1) is 13.8 Å². The van der Waals surface area contributed by atoms with Gasteiger partial charge >= 0.3 is 11.9 Å². The molecule has 0 unspecified atom stereocenters. The quantitative estimate of drug-likeness (QED) is 0.495. The fourth-order valence-corrected chi connectivity index (χ4v) is 3.80. The summed E-state index contributed by atoms with van der Waals surface area (Å²) < 4.78 is 10.3. The van der Waals surface area contributed by atoms with Crippen LogP contribution in [0.1, 0.15) is 38.8 Å². The Balaban J connectivity index is 0.000000245. The number of aromatic nitrogens is 2. The lowest BCUT2D eigenvalue weighted by atomic mass is 10.1. The number of carboxylic acid groups (broad SMARTS) is 1. The molecule has 0 amide bonds. The van der Waals surface area contributed by atoms with Crippen LogP contribution >= 0.6 is 34.8 Å². The molecule has 0 spiro atoms. The predicted molar refractivity (Wildman–Crippen MR) is 119 cm³/mol. The summed E-state index contributed by atoms with van der Waals surface area (Å²) in [6.07, 6.45) is 0. The third-order valence-corrected chi connectivity index (χ3v) is 5.07. The molecule has 1 aliphatic heterocycles. The van der Waals surface area contributed by atoms with Crippen molar-refractivity contribution >= 4 is 52.6 Å². The van der Waals surface area contributed by atoms with Crippen molar-refractivity contribution in [2.75, 3.05) is 37.8 Å². The number of nitrogens with zero attached hydrogens (tertiary/aromatic N) is 3. The normalized spacial score (nSPS) is 13.3. The molecule has 8 nitrogen and oxygen atoms in total. The summed E-state index contributed by atoms with van der Waals surface area (Å²) in [4.78, 5) is 32.4. The molecule has 0 radical (unpaired) electrons.